The van der Waals surface area contributed by atoms with E-state index in [4.69, 9.17) is 18.9 Å². The van der Waals surface area contributed by atoms with Crippen LogP contribution < -0.4 is 5.32 Å². The van der Waals surface area contributed by atoms with Gasteiger partial charge in [-0.2, -0.15) is 0 Å². The summed E-state index contributed by atoms with van der Waals surface area (Å²) < 4.78 is 19.8. The zero-order valence-corrected chi connectivity index (χ0v) is 9.99. The maximum atomic E-state index is 11.1. The van der Waals surface area contributed by atoms with Crippen molar-refractivity contribution in [1.29, 1.82) is 0 Å². The second-order valence-electron chi connectivity index (χ2n) is 3.00. The van der Waals surface area contributed by atoms with Crippen molar-refractivity contribution in [2.75, 3.05) is 60.4 Å². The van der Waals surface area contributed by atoms with E-state index in [9.17, 15) is 4.79 Å². The highest BCUT2D eigenvalue weighted by Crippen LogP contribution is 1.78. The molecule has 0 bridgehead atoms. The Bertz CT molecular complexity index is 165. The van der Waals surface area contributed by atoms with E-state index in [0.717, 1.165) is 0 Å². The van der Waals surface area contributed by atoms with E-state index < -0.39 is 0 Å². The molecule has 0 aromatic heterocycles. The van der Waals surface area contributed by atoms with Crippen molar-refractivity contribution in [1.82, 2.24) is 5.32 Å². The quantitative estimate of drug-likeness (QED) is 0.486. The smallest absolute Gasteiger partial charge is 0.246 e. The van der Waals surface area contributed by atoms with Gasteiger partial charge in [0.05, 0.1) is 33.0 Å². The lowest BCUT2D eigenvalue weighted by molar-refractivity contribution is -0.126. The highest BCUT2D eigenvalue weighted by molar-refractivity contribution is 5.77. The zero-order chi connectivity index (χ0) is 12.1. The lowest BCUT2D eigenvalue weighted by Gasteiger charge is -2.06. The lowest BCUT2D eigenvalue weighted by Crippen LogP contribution is -2.31. The van der Waals surface area contributed by atoms with Crippen molar-refractivity contribution in [2.45, 2.75) is 0 Å². The molecule has 96 valence electrons. The van der Waals surface area contributed by atoms with Crippen LogP contribution in [0.25, 0.3) is 0 Å². The summed E-state index contributed by atoms with van der Waals surface area (Å²) in [5, 5.41) is 2.67. The molecule has 1 amide bonds. The highest BCUT2D eigenvalue weighted by Gasteiger charge is 1.99. The predicted octanol–water partition coefficient (Wildman–Crippen LogP) is -0.571. The number of rotatable bonds is 11. The summed E-state index contributed by atoms with van der Waals surface area (Å²) in [7, 11) is 3.20. The van der Waals surface area contributed by atoms with Crippen LogP contribution in [0.15, 0.2) is 0 Å². The number of ether oxygens (including phenoxy) is 4. The van der Waals surface area contributed by atoms with Crippen molar-refractivity contribution in [3.8, 4) is 0 Å². The Balaban J connectivity index is 3.11. The summed E-state index contributed by atoms with van der Waals surface area (Å²) in [4.78, 5) is 11.1. The Hall–Kier alpha value is -0.690. The van der Waals surface area contributed by atoms with Crippen LogP contribution in [-0.4, -0.2) is 66.3 Å². The Kier molecular flexibility index (Phi) is 11.8. The minimum atomic E-state index is -0.147. The van der Waals surface area contributed by atoms with E-state index in [1.165, 1.54) is 0 Å². The van der Waals surface area contributed by atoms with Crippen LogP contribution in [-0.2, 0) is 23.7 Å². The molecule has 0 radical (unpaired) electrons. The molecule has 6 nitrogen and oxygen atoms in total. The van der Waals surface area contributed by atoms with E-state index in [0.29, 0.717) is 39.6 Å². The van der Waals surface area contributed by atoms with Crippen molar-refractivity contribution in [2.24, 2.45) is 0 Å². The molecule has 0 atom stereocenters. The molecule has 16 heavy (non-hydrogen) atoms. The molecule has 0 unspecified atom stereocenters. The highest BCUT2D eigenvalue weighted by atomic mass is 16.5. The van der Waals surface area contributed by atoms with E-state index >= 15 is 0 Å². The van der Waals surface area contributed by atoms with E-state index in [1.54, 1.807) is 14.2 Å². The third-order valence-electron chi connectivity index (χ3n) is 1.67. The van der Waals surface area contributed by atoms with Crippen molar-refractivity contribution in [3.63, 3.8) is 0 Å². The molecule has 0 spiro atoms. The zero-order valence-electron chi connectivity index (χ0n) is 9.99. The molecule has 0 aromatic rings. The molecule has 0 rings (SSSR count). The Morgan fingerprint density at radius 1 is 0.938 bits per heavy atom. The minimum Gasteiger partial charge on any atom is -0.382 e. The number of nitrogens with one attached hydrogen (secondary N) is 1. The van der Waals surface area contributed by atoms with Gasteiger partial charge in [-0.15, -0.1) is 0 Å². The van der Waals surface area contributed by atoms with Gasteiger partial charge < -0.3 is 24.3 Å². The maximum Gasteiger partial charge on any atom is 0.246 e. The third-order valence-corrected chi connectivity index (χ3v) is 1.67. The molecule has 1 N–H and O–H groups in total. The van der Waals surface area contributed by atoms with Gasteiger partial charge in [0.15, 0.2) is 0 Å². The normalized spacial score (nSPS) is 10.4. The molecule has 0 aromatic carbocycles. The summed E-state index contributed by atoms with van der Waals surface area (Å²) in [6, 6.07) is 0. The maximum absolute atomic E-state index is 11.1. The largest absolute Gasteiger partial charge is 0.382 e. The average Bonchev–Trinajstić information content (AvgIpc) is 2.29. The summed E-state index contributed by atoms with van der Waals surface area (Å²) in [5.74, 6) is -0.147. The van der Waals surface area contributed by atoms with Gasteiger partial charge in [-0.25, -0.2) is 0 Å². The van der Waals surface area contributed by atoms with Crippen LogP contribution in [0.5, 0.6) is 0 Å². The number of hydrogen-bond donors (Lipinski definition) is 1. The first-order chi connectivity index (χ1) is 7.81. The van der Waals surface area contributed by atoms with Crippen molar-refractivity contribution >= 4 is 5.91 Å². The van der Waals surface area contributed by atoms with E-state index in [-0.39, 0.29) is 12.5 Å². The number of amides is 1. The monoisotopic (exact) mass is 235 g/mol. The van der Waals surface area contributed by atoms with Gasteiger partial charge in [0.2, 0.25) is 5.91 Å². The molecule has 0 aliphatic rings. The molecule has 0 aliphatic heterocycles. The summed E-state index contributed by atoms with van der Waals surface area (Å²) in [5.41, 5.74) is 0. The topological polar surface area (TPSA) is 66.0 Å². The van der Waals surface area contributed by atoms with Crippen LogP contribution in [0.1, 0.15) is 0 Å². The van der Waals surface area contributed by atoms with E-state index in [2.05, 4.69) is 5.32 Å². The first kappa shape index (κ1) is 15.3. The summed E-state index contributed by atoms with van der Waals surface area (Å²) >= 11 is 0. The van der Waals surface area contributed by atoms with Crippen LogP contribution in [0.4, 0.5) is 0 Å². The van der Waals surface area contributed by atoms with Crippen molar-refractivity contribution in [3.05, 3.63) is 0 Å². The second-order valence-corrected chi connectivity index (χ2v) is 3.00. The molecule has 0 heterocycles. The summed E-state index contributed by atoms with van der Waals surface area (Å²) in [6.45, 7) is 3.04. The van der Waals surface area contributed by atoms with Gasteiger partial charge in [-0.1, -0.05) is 0 Å². The molecular formula is C10H21NO5. The van der Waals surface area contributed by atoms with Gasteiger partial charge in [0, 0.05) is 20.8 Å². The SMILES string of the molecule is COCCOCCNC(=O)COCCOC. The first-order valence-electron chi connectivity index (χ1n) is 5.21. The molecule has 0 saturated heterocycles. The number of methoxy groups -OCH3 is 2. The van der Waals surface area contributed by atoms with Crippen LogP contribution in [0.2, 0.25) is 0 Å². The van der Waals surface area contributed by atoms with Gasteiger partial charge >= 0.3 is 0 Å². The van der Waals surface area contributed by atoms with Crippen LogP contribution >= 0.6 is 0 Å². The van der Waals surface area contributed by atoms with Crippen LogP contribution in [0.3, 0.4) is 0 Å². The average molecular weight is 235 g/mol. The van der Waals surface area contributed by atoms with Gasteiger partial charge in [0.25, 0.3) is 0 Å². The number of carbonyl (C=O) groups is 1. The molecular weight excluding hydrogens is 214 g/mol. The fourth-order valence-electron chi connectivity index (χ4n) is 0.865. The van der Waals surface area contributed by atoms with Crippen LogP contribution in [0, 0.1) is 0 Å². The molecule has 0 saturated carbocycles. The Morgan fingerprint density at radius 3 is 2.19 bits per heavy atom. The second kappa shape index (κ2) is 12.4. The summed E-state index contributed by atoms with van der Waals surface area (Å²) in [6.07, 6.45) is 0. The predicted molar refractivity (Wildman–Crippen MR) is 58.4 cm³/mol. The van der Waals surface area contributed by atoms with Gasteiger partial charge in [-0.05, 0) is 0 Å². The van der Waals surface area contributed by atoms with Gasteiger partial charge in [-0.3, -0.25) is 4.79 Å². The molecule has 6 heteroatoms. The fourth-order valence-corrected chi connectivity index (χ4v) is 0.865. The minimum absolute atomic E-state index is 0.0570. The Labute approximate surface area is 96.2 Å². The number of hydrogen-bond acceptors (Lipinski definition) is 5. The third kappa shape index (κ3) is 11.4. The molecule has 0 fully saturated rings. The van der Waals surface area contributed by atoms with Gasteiger partial charge in [0.1, 0.15) is 6.61 Å². The van der Waals surface area contributed by atoms with E-state index in [1.807, 2.05) is 0 Å². The molecule has 0 aliphatic carbocycles. The fraction of sp³-hybridized carbons (Fsp3) is 0.900. The number of carbonyl (C=O) groups excluding carboxylic acids is 1. The standard InChI is InChI=1S/C10H21NO5/c1-13-5-7-15-4-3-11-10(12)9-16-8-6-14-2/h3-9H2,1-2H3,(H,11,12). The van der Waals surface area contributed by atoms with Crippen molar-refractivity contribution < 1.29 is 23.7 Å². The lowest BCUT2D eigenvalue weighted by atomic mass is 10.6. The Morgan fingerprint density at radius 2 is 1.56 bits per heavy atom. The first-order valence-corrected chi connectivity index (χ1v) is 5.21.